The number of carboxylic acid groups (broad SMARTS) is 1. The van der Waals surface area contributed by atoms with Gasteiger partial charge in [0.05, 0.1) is 0 Å². The summed E-state index contributed by atoms with van der Waals surface area (Å²) in [5.74, 6) is -1.63. The van der Waals surface area contributed by atoms with Crippen LogP contribution in [-0.4, -0.2) is 22.7 Å². The van der Waals surface area contributed by atoms with Crippen molar-refractivity contribution in [2.45, 2.75) is 58.7 Å². The molecule has 1 aromatic rings. The van der Waals surface area contributed by atoms with Crippen molar-refractivity contribution in [2.75, 3.05) is 0 Å². The van der Waals surface area contributed by atoms with Gasteiger partial charge in [-0.1, -0.05) is 19.4 Å². The number of carboxylic acids is 1. The Balaban J connectivity index is 2.75. The summed E-state index contributed by atoms with van der Waals surface area (Å²) in [6.45, 7) is 8.49. The van der Waals surface area contributed by atoms with Gasteiger partial charge >= 0.3 is 5.97 Å². The standard InChI is InChI=1S/C16H24FNO3/c1-5-6-14(15(19)20)21-13-8-7-11(9-12(13)17)10-18-16(2,3)4/h7-9,14,18H,5-6,10H2,1-4H3,(H,19,20). The van der Waals surface area contributed by atoms with Gasteiger partial charge in [0.25, 0.3) is 0 Å². The normalized spacial score (nSPS) is 13.0. The molecule has 0 aromatic heterocycles. The van der Waals surface area contributed by atoms with Gasteiger partial charge in [0.15, 0.2) is 17.7 Å². The Morgan fingerprint density at radius 1 is 1.43 bits per heavy atom. The van der Waals surface area contributed by atoms with E-state index in [1.807, 2.05) is 27.7 Å². The highest BCUT2D eigenvalue weighted by atomic mass is 19.1. The Bertz CT molecular complexity index is 483. The summed E-state index contributed by atoms with van der Waals surface area (Å²) >= 11 is 0. The highest BCUT2D eigenvalue weighted by Crippen LogP contribution is 2.21. The van der Waals surface area contributed by atoms with Gasteiger partial charge < -0.3 is 15.2 Å². The van der Waals surface area contributed by atoms with E-state index in [9.17, 15) is 9.18 Å². The highest BCUT2D eigenvalue weighted by molar-refractivity contribution is 5.72. The van der Waals surface area contributed by atoms with Crippen LogP contribution in [0.2, 0.25) is 0 Å². The number of hydrogen-bond donors (Lipinski definition) is 2. The van der Waals surface area contributed by atoms with Crippen molar-refractivity contribution in [1.82, 2.24) is 5.32 Å². The minimum Gasteiger partial charge on any atom is -0.479 e. The van der Waals surface area contributed by atoms with Crippen molar-refractivity contribution >= 4 is 5.97 Å². The number of benzene rings is 1. The van der Waals surface area contributed by atoms with Crippen LogP contribution in [-0.2, 0) is 11.3 Å². The zero-order valence-corrected chi connectivity index (χ0v) is 13.1. The number of aliphatic carboxylic acids is 1. The minimum atomic E-state index is -1.07. The van der Waals surface area contributed by atoms with E-state index in [1.54, 1.807) is 6.07 Å². The average molecular weight is 297 g/mol. The second kappa shape index (κ2) is 7.41. The topological polar surface area (TPSA) is 58.6 Å². The number of halogens is 1. The SMILES string of the molecule is CCCC(Oc1ccc(CNC(C)(C)C)cc1F)C(=O)O. The molecular weight excluding hydrogens is 273 g/mol. The largest absolute Gasteiger partial charge is 0.479 e. The summed E-state index contributed by atoms with van der Waals surface area (Å²) in [7, 11) is 0. The van der Waals surface area contributed by atoms with Gasteiger partial charge in [-0.2, -0.15) is 0 Å². The van der Waals surface area contributed by atoms with E-state index < -0.39 is 17.9 Å². The van der Waals surface area contributed by atoms with Gasteiger partial charge in [-0.3, -0.25) is 0 Å². The molecule has 0 aliphatic heterocycles. The van der Waals surface area contributed by atoms with Crippen LogP contribution in [0.5, 0.6) is 5.75 Å². The lowest BCUT2D eigenvalue weighted by atomic mass is 10.1. The first kappa shape index (κ1) is 17.4. The molecule has 4 nitrogen and oxygen atoms in total. The first-order chi connectivity index (χ1) is 9.73. The van der Waals surface area contributed by atoms with E-state index in [-0.39, 0.29) is 11.3 Å². The third-order valence-corrected chi connectivity index (χ3v) is 2.91. The molecule has 1 aromatic carbocycles. The van der Waals surface area contributed by atoms with Crippen LogP contribution in [0.25, 0.3) is 0 Å². The lowest BCUT2D eigenvalue weighted by Crippen LogP contribution is -2.35. The first-order valence-corrected chi connectivity index (χ1v) is 7.16. The van der Waals surface area contributed by atoms with Crippen molar-refractivity contribution < 1.29 is 19.0 Å². The molecule has 0 spiro atoms. The summed E-state index contributed by atoms with van der Waals surface area (Å²) in [6.07, 6.45) is -0.00285. The lowest BCUT2D eigenvalue weighted by molar-refractivity contribution is -0.145. The molecule has 0 fully saturated rings. The molecule has 0 aliphatic carbocycles. The van der Waals surface area contributed by atoms with Gasteiger partial charge in [0.1, 0.15) is 0 Å². The fraction of sp³-hybridized carbons (Fsp3) is 0.562. The second-order valence-corrected chi connectivity index (χ2v) is 6.10. The number of hydrogen-bond acceptors (Lipinski definition) is 3. The Hall–Kier alpha value is -1.62. The second-order valence-electron chi connectivity index (χ2n) is 6.10. The maximum absolute atomic E-state index is 14.0. The van der Waals surface area contributed by atoms with Crippen molar-refractivity contribution in [3.05, 3.63) is 29.6 Å². The van der Waals surface area contributed by atoms with Gasteiger partial charge in [-0.05, 0) is 44.9 Å². The summed E-state index contributed by atoms with van der Waals surface area (Å²) in [6, 6.07) is 4.60. The lowest BCUT2D eigenvalue weighted by Gasteiger charge is -2.21. The third-order valence-electron chi connectivity index (χ3n) is 2.91. The molecule has 0 heterocycles. The molecule has 1 atom stereocenters. The molecule has 1 unspecified atom stereocenters. The molecular formula is C16H24FNO3. The van der Waals surface area contributed by atoms with Gasteiger partial charge in [-0.15, -0.1) is 0 Å². The van der Waals surface area contributed by atoms with E-state index in [0.717, 1.165) is 5.56 Å². The van der Waals surface area contributed by atoms with E-state index in [4.69, 9.17) is 9.84 Å². The minimum absolute atomic E-state index is 0.0182. The molecule has 118 valence electrons. The summed E-state index contributed by atoms with van der Waals surface area (Å²) in [5.41, 5.74) is 0.735. The smallest absolute Gasteiger partial charge is 0.344 e. The average Bonchev–Trinajstić information content (AvgIpc) is 2.37. The van der Waals surface area contributed by atoms with E-state index >= 15 is 0 Å². The molecule has 0 saturated heterocycles. The molecule has 1 rings (SSSR count). The van der Waals surface area contributed by atoms with Crippen LogP contribution in [0.15, 0.2) is 18.2 Å². The zero-order chi connectivity index (χ0) is 16.0. The predicted octanol–water partition coefficient (Wildman–Crippen LogP) is 3.35. The van der Waals surface area contributed by atoms with Crippen LogP contribution in [0, 0.1) is 5.82 Å². The van der Waals surface area contributed by atoms with E-state index in [1.165, 1.54) is 12.1 Å². The van der Waals surface area contributed by atoms with Crippen molar-refractivity contribution in [3.8, 4) is 5.75 Å². The fourth-order valence-corrected chi connectivity index (χ4v) is 1.77. The van der Waals surface area contributed by atoms with E-state index in [0.29, 0.717) is 19.4 Å². The molecule has 0 amide bonds. The number of ether oxygens (including phenoxy) is 1. The van der Waals surface area contributed by atoms with Crippen LogP contribution in [0.3, 0.4) is 0 Å². The molecule has 0 bridgehead atoms. The van der Waals surface area contributed by atoms with Crippen molar-refractivity contribution in [3.63, 3.8) is 0 Å². The quantitative estimate of drug-likeness (QED) is 0.810. The summed E-state index contributed by atoms with van der Waals surface area (Å²) in [5, 5.41) is 12.3. The summed E-state index contributed by atoms with van der Waals surface area (Å²) < 4.78 is 19.2. The van der Waals surface area contributed by atoms with Crippen LogP contribution in [0.4, 0.5) is 4.39 Å². The third kappa shape index (κ3) is 6.12. The molecule has 2 N–H and O–H groups in total. The van der Waals surface area contributed by atoms with Crippen LogP contribution in [0.1, 0.15) is 46.1 Å². The number of rotatable bonds is 7. The Morgan fingerprint density at radius 3 is 2.57 bits per heavy atom. The molecule has 0 radical (unpaired) electrons. The van der Waals surface area contributed by atoms with Crippen molar-refractivity contribution in [2.24, 2.45) is 0 Å². The number of nitrogens with one attached hydrogen (secondary N) is 1. The van der Waals surface area contributed by atoms with Gasteiger partial charge in [-0.25, -0.2) is 9.18 Å². The van der Waals surface area contributed by atoms with Crippen molar-refractivity contribution in [1.29, 1.82) is 0 Å². The zero-order valence-electron chi connectivity index (χ0n) is 13.1. The first-order valence-electron chi connectivity index (χ1n) is 7.16. The highest BCUT2D eigenvalue weighted by Gasteiger charge is 2.20. The van der Waals surface area contributed by atoms with Gasteiger partial charge in [0, 0.05) is 12.1 Å². The monoisotopic (exact) mass is 297 g/mol. The van der Waals surface area contributed by atoms with Gasteiger partial charge in [0.2, 0.25) is 0 Å². The molecule has 0 saturated carbocycles. The Labute approximate surface area is 125 Å². The van der Waals surface area contributed by atoms with Crippen LogP contribution >= 0.6 is 0 Å². The maximum atomic E-state index is 14.0. The summed E-state index contributed by atoms with van der Waals surface area (Å²) in [4.78, 5) is 11.0. The predicted molar refractivity (Wildman–Crippen MR) is 80.0 cm³/mol. The van der Waals surface area contributed by atoms with Crippen LogP contribution < -0.4 is 10.1 Å². The number of carbonyl (C=O) groups is 1. The Morgan fingerprint density at radius 2 is 2.10 bits per heavy atom. The fourth-order valence-electron chi connectivity index (χ4n) is 1.77. The Kier molecular flexibility index (Phi) is 6.15. The molecule has 5 heteroatoms. The van der Waals surface area contributed by atoms with E-state index in [2.05, 4.69) is 5.32 Å². The molecule has 0 aliphatic rings. The molecule has 21 heavy (non-hydrogen) atoms. The maximum Gasteiger partial charge on any atom is 0.344 e.